The number of fused-ring (bicyclic) bond motifs is 1. The van der Waals surface area contributed by atoms with Crippen molar-refractivity contribution in [3.63, 3.8) is 0 Å². The molecule has 0 aliphatic carbocycles. The zero-order valence-electron chi connectivity index (χ0n) is 16.5. The van der Waals surface area contributed by atoms with Crippen LogP contribution < -0.4 is 14.8 Å². The van der Waals surface area contributed by atoms with Crippen LogP contribution in [0.4, 0.5) is 0 Å². The Morgan fingerprint density at radius 1 is 1.00 bits per heavy atom. The van der Waals surface area contributed by atoms with Crippen LogP contribution in [0.1, 0.15) is 10.4 Å². The van der Waals surface area contributed by atoms with E-state index in [9.17, 15) is 4.79 Å². The normalized spacial score (nSPS) is 13.7. The smallest absolute Gasteiger partial charge is 0.254 e. The zero-order valence-corrected chi connectivity index (χ0v) is 17.3. The van der Waals surface area contributed by atoms with E-state index in [0.717, 1.165) is 35.2 Å². The van der Waals surface area contributed by atoms with Gasteiger partial charge in [-0.2, -0.15) is 0 Å². The summed E-state index contributed by atoms with van der Waals surface area (Å²) in [4.78, 5) is 19.9. The summed E-state index contributed by atoms with van der Waals surface area (Å²) in [5, 5.41) is 4.16. The van der Waals surface area contributed by atoms with E-state index >= 15 is 0 Å². The van der Waals surface area contributed by atoms with Crippen LogP contribution in [0.5, 0.6) is 11.5 Å². The Hall–Kier alpha value is -2.83. The van der Waals surface area contributed by atoms with Crippen LogP contribution >= 0.6 is 12.4 Å². The third-order valence-corrected chi connectivity index (χ3v) is 5.03. The standard InChI is InChI=1S/C22H23N3O3.ClH/c1-27-20-8-7-15(13-21(20)28-2)19-14-17(16-5-3-4-6-18(16)24-19)22(26)25-11-9-23-10-12-25;/h3-8,13-14,23H,9-12H2,1-2H3;1H. The number of benzene rings is 2. The fourth-order valence-electron chi connectivity index (χ4n) is 3.53. The number of halogens is 1. The van der Waals surface area contributed by atoms with Gasteiger partial charge in [-0.3, -0.25) is 4.79 Å². The van der Waals surface area contributed by atoms with E-state index in [2.05, 4.69) is 5.32 Å². The predicted molar refractivity (Wildman–Crippen MR) is 116 cm³/mol. The number of ether oxygens (including phenoxy) is 2. The quantitative estimate of drug-likeness (QED) is 0.710. The Kier molecular flexibility index (Phi) is 6.56. The molecule has 6 nitrogen and oxygen atoms in total. The van der Waals surface area contributed by atoms with Crippen molar-refractivity contribution in [1.82, 2.24) is 15.2 Å². The summed E-state index contributed by atoms with van der Waals surface area (Å²) in [5.41, 5.74) is 3.08. The van der Waals surface area contributed by atoms with E-state index in [1.165, 1.54) is 0 Å². The highest BCUT2D eigenvalue weighted by Gasteiger charge is 2.21. The molecule has 29 heavy (non-hydrogen) atoms. The summed E-state index contributed by atoms with van der Waals surface area (Å²) in [6.07, 6.45) is 0. The van der Waals surface area contributed by atoms with Gasteiger partial charge in [0.05, 0.1) is 31.0 Å². The maximum atomic E-state index is 13.2. The summed E-state index contributed by atoms with van der Waals surface area (Å²) in [5.74, 6) is 1.33. The molecule has 0 spiro atoms. The molecule has 0 atom stereocenters. The number of carbonyl (C=O) groups excluding carboxylic acids is 1. The van der Waals surface area contributed by atoms with E-state index in [1.54, 1.807) is 14.2 Å². The first kappa shape index (κ1) is 20.9. The molecule has 3 aromatic rings. The number of nitrogens with one attached hydrogen (secondary N) is 1. The van der Waals surface area contributed by atoms with Crippen LogP contribution in [0.15, 0.2) is 48.5 Å². The second-order valence-electron chi connectivity index (χ2n) is 6.68. The molecule has 4 rings (SSSR count). The van der Waals surface area contributed by atoms with E-state index in [4.69, 9.17) is 14.5 Å². The van der Waals surface area contributed by atoms with Crippen molar-refractivity contribution < 1.29 is 14.3 Å². The molecule has 0 bridgehead atoms. The van der Waals surface area contributed by atoms with Gasteiger partial charge in [0.15, 0.2) is 11.5 Å². The summed E-state index contributed by atoms with van der Waals surface area (Å²) in [6, 6.07) is 15.3. The fraction of sp³-hybridized carbons (Fsp3) is 0.273. The summed E-state index contributed by atoms with van der Waals surface area (Å²) in [6.45, 7) is 3.05. The van der Waals surface area contributed by atoms with Crippen LogP contribution in [-0.4, -0.2) is 56.2 Å². The summed E-state index contributed by atoms with van der Waals surface area (Å²) in [7, 11) is 3.21. The summed E-state index contributed by atoms with van der Waals surface area (Å²) < 4.78 is 10.8. The van der Waals surface area contributed by atoms with Crippen molar-refractivity contribution in [2.45, 2.75) is 0 Å². The van der Waals surface area contributed by atoms with Gasteiger partial charge >= 0.3 is 0 Å². The molecular weight excluding hydrogens is 390 g/mol. The number of hydrogen-bond donors (Lipinski definition) is 1. The number of nitrogens with zero attached hydrogens (tertiary/aromatic N) is 2. The molecule has 1 saturated heterocycles. The molecule has 1 aromatic heterocycles. The predicted octanol–water partition coefficient (Wildman–Crippen LogP) is 3.39. The molecule has 1 aliphatic heterocycles. The molecule has 0 radical (unpaired) electrons. The lowest BCUT2D eigenvalue weighted by atomic mass is 10.0. The molecule has 2 heterocycles. The van der Waals surface area contributed by atoms with Crippen molar-refractivity contribution >= 4 is 29.2 Å². The van der Waals surface area contributed by atoms with Gasteiger partial charge in [-0.25, -0.2) is 4.98 Å². The van der Waals surface area contributed by atoms with Crippen LogP contribution in [0, 0.1) is 0 Å². The number of pyridine rings is 1. The number of methoxy groups -OCH3 is 2. The topological polar surface area (TPSA) is 63.7 Å². The zero-order chi connectivity index (χ0) is 19.5. The molecule has 0 saturated carbocycles. The molecule has 1 aliphatic rings. The lowest BCUT2D eigenvalue weighted by molar-refractivity contribution is 0.0738. The number of para-hydroxylation sites is 1. The van der Waals surface area contributed by atoms with Gasteiger partial charge < -0.3 is 19.7 Å². The van der Waals surface area contributed by atoms with Gasteiger partial charge in [-0.1, -0.05) is 18.2 Å². The van der Waals surface area contributed by atoms with Crippen LogP contribution in [0.2, 0.25) is 0 Å². The van der Waals surface area contributed by atoms with E-state index in [0.29, 0.717) is 30.2 Å². The van der Waals surface area contributed by atoms with Crippen molar-refractivity contribution in [3.05, 3.63) is 54.1 Å². The maximum absolute atomic E-state index is 13.2. The highest BCUT2D eigenvalue weighted by molar-refractivity contribution is 6.07. The van der Waals surface area contributed by atoms with Crippen molar-refractivity contribution in [2.75, 3.05) is 40.4 Å². The Morgan fingerprint density at radius 3 is 2.45 bits per heavy atom. The minimum Gasteiger partial charge on any atom is -0.493 e. The molecule has 152 valence electrons. The van der Waals surface area contributed by atoms with Crippen LogP contribution in [-0.2, 0) is 0 Å². The monoisotopic (exact) mass is 413 g/mol. The molecule has 2 aromatic carbocycles. The third kappa shape index (κ3) is 4.13. The second kappa shape index (κ2) is 9.11. The lowest BCUT2D eigenvalue weighted by Gasteiger charge is -2.28. The highest BCUT2D eigenvalue weighted by atomic mass is 35.5. The second-order valence-corrected chi connectivity index (χ2v) is 6.68. The first-order valence-electron chi connectivity index (χ1n) is 9.33. The maximum Gasteiger partial charge on any atom is 0.254 e. The fourth-order valence-corrected chi connectivity index (χ4v) is 3.53. The highest BCUT2D eigenvalue weighted by Crippen LogP contribution is 2.33. The van der Waals surface area contributed by atoms with Crippen molar-refractivity contribution in [3.8, 4) is 22.8 Å². The molecule has 1 amide bonds. The van der Waals surface area contributed by atoms with Crippen LogP contribution in [0.25, 0.3) is 22.2 Å². The minimum atomic E-state index is 0. The Labute approximate surface area is 176 Å². The number of amides is 1. The molecule has 1 N–H and O–H groups in total. The Balaban J connectivity index is 0.00000240. The number of rotatable bonds is 4. The molecular formula is C22H24ClN3O3. The Bertz CT molecular complexity index is 1020. The molecule has 0 unspecified atom stereocenters. The lowest BCUT2D eigenvalue weighted by Crippen LogP contribution is -2.46. The number of carbonyl (C=O) groups is 1. The van der Waals surface area contributed by atoms with Crippen molar-refractivity contribution in [2.24, 2.45) is 0 Å². The van der Waals surface area contributed by atoms with Gasteiger partial charge in [0.2, 0.25) is 0 Å². The largest absolute Gasteiger partial charge is 0.493 e. The van der Waals surface area contributed by atoms with Gasteiger partial charge in [0.1, 0.15) is 0 Å². The van der Waals surface area contributed by atoms with E-state index < -0.39 is 0 Å². The first-order valence-corrected chi connectivity index (χ1v) is 9.33. The van der Waals surface area contributed by atoms with E-state index in [-0.39, 0.29) is 18.3 Å². The molecule has 7 heteroatoms. The Morgan fingerprint density at radius 2 is 1.72 bits per heavy atom. The first-order chi connectivity index (χ1) is 13.7. The summed E-state index contributed by atoms with van der Waals surface area (Å²) >= 11 is 0. The van der Waals surface area contributed by atoms with Crippen molar-refractivity contribution in [1.29, 1.82) is 0 Å². The van der Waals surface area contributed by atoms with Gasteiger partial charge in [0.25, 0.3) is 5.91 Å². The van der Waals surface area contributed by atoms with Gasteiger partial charge in [-0.15, -0.1) is 12.4 Å². The SMILES string of the molecule is COc1ccc(-c2cc(C(=O)N3CCNCC3)c3ccccc3n2)cc1OC.Cl. The van der Waals surface area contributed by atoms with Gasteiger partial charge in [-0.05, 0) is 30.3 Å². The number of hydrogen-bond acceptors (Lipinski definition) is 5. The average Bonchev–Trinajstić information content (AvgIpc) is 2.77. The minimum absolute atomic E-state index is 0. The number of aromatic nitrogens is 1. The van der Waals surface area contributed by atoms with E-state index in [1.807, 2.05) is 53.4 Å². The van der Waals surface area contributed by atoms with Gasteiger partial charge in [0, 0.05) is 37.1 Å². The van der Waals surface area contributed by atoms with Crippen LogP contribution in [0.3, 0.4) is 0 Å². The average molecular weight is 414 g/mol. The third-order valence-electron chi connectivity index (χ3n) is 5.03. The molecule has 1 fully saturated rings. The number of piperazine rings is 1.